The van der Waals surface area contributed by atoms with Crippen LogP contribution in [0, 0.1) is 33.8 Å². The van der Waals surface area contributed by atoms with Gasteiger partial charge in [0.15, 0.2) is 0 Å². The van der Waals surface area contributed by atoms with Crippen LogP contribution in [0.15, 0.2) is 12.1 Å². The van der Waals surface area contributed by atoms with Gasteiger partial charge >= 0.3 is 0 Å². The fraction of sp³-hybridized carbons (Fsp3) is 0.273. The van der Waals surface area contributed by atoms with Crippen LogP contribution in [0.3, 0.4) is 0 Å². The summed E-state index contributed by atoms with van der Waals surface area (Å²) in [6.45, 7) is 0. The zero-order valence-electron chi connectivity index (χ0n) is 9.08. The minimum atomic E-state index is -0.810. The first-order valence-corrected chi connectivity index (χ1v) is 4.66. The number of ether oxygens (including phenoxy) is 1. The standard InChI is InChI=1S/C11H9N3O3/c1-3-4-8(7-12)11-9(14(15)16)5-6-10(13-11)17-2/h1,5-6,8H,4H2,2H3. The summed E-state index contributed by atoms with van der Waals surface area (Å²) in [4.78, 5) is 14.1. The van der Waals surface area contributed by atoms with E-state index in [1.54, 1.807) is 0 Å². The van der Waals surface area contributed by atoms with E-state index in [4.69, 9.17) is 16.4 Å². The number of rotatable bonds is 4. The topological polar surface area (TPSA) is 89.0 Å². The second-order valence-corrected chi connectivity index (χ2v) is 3.11. The molecule has 6 nitrogen and oxygen atoms in total. The zero-order valence-corrected chi connectivity index (χ0v) is 9.08. The summed E-state index contributed by atoms with van der Waals surface area (Å²) in [5, 5.41) is 19.7. The lowest BCUT2D eigenvalue weighted by molar-refractivity contribution is -0.386. The number of methoxy groups -OCH3 is 1. The first-order valence-electron chi connectivity index (χ1n) is 4.66. The lowest BCUT2D eigenvalue weighted by Crippen LogP contribution is -2.05. The summed E-state index contributed by atoms with van der Waals surface area (Å²) in [6, 6.07) is 4.52. The number of nitrogens with zero attached hydrogens (tertiary/aromatic N) is 3. The smallest absolute Gasteiger partial charge is 0.292 e. The Morgan fingerprint density at radius 1 is 1.71 bits per heavy atom. The van der Waals surface area contributed by atoms with Gasteiger partial charge in [-0.05, 0) is 0 Å². The number of nitriles is 1. The largest absolute Gasteiger partial charge is 0.481 e. The average Bonchev–Trinajstić information content (AvgIpc) is 2.35. The van der Waals surface area contributed by atoms with Crippen molar-refractivity contribution >= 4 is 5.69 Å². The molecule has 0 radical (unpaired) electrons. The molecule has 0 spiro atoms. The monoisotopic (exact) mass is 231 g/mol. The van der Waals surface area contributed by atoms with Crippen LogP contribution in [-0.2, 0) is 0 Å². The lowest BCUT2D eigenvalue weighted by atomic mass is 10.0. The van der Waals surface area contributed by atoms with Gasteiger partial charge in [-0.3, -0.25) is 10.1 Å². The van der Waals surface area contributed by atoms with Crippen LogP contribution in [0.25, 0.3) is 0 Å². The van der Waals surface area contributed by atoms with Gasteiger partial charge in [0, 0.05) is 18.6 Å². The molecule has 6 heteroatoms. The van der Waals surface area contributed by atoms with Gasteiger partial charge < -0.3 is 4.74 Å². The van der Waals surface area contributed by atoms with Crippen molar-refractivity contribution in [1.29, 1.82) is 5.26 Å². The molecule has 0 bridgehead atoms. The fourth-order valence-corrected chi connectivity index (χ4v) is 1.29. The van der Waals surface area contributed by atoms with Gasteiger partial charge in [-0.1, -0.05) is 0 Å². The fourth-order valence-electron chi connectivity index (χ4n) is 1.29. The number of pyridine rings is 1. The molecule has 1 rings (SSSR count). The summed E-state index contributed by atoms with van der Waals surface area (Å²) in [5.74, 6) is 1.70. The van der Waals surface area contributed by atoms with E-state index in [0.717, 1.165) is 0 Å². The summed E-state index contributed by atoms with van der Waals surface area (Å²) in [6.07, 6.45) is 5.18. The van der Waals surface area contributed by atoms with Gasteiger partial charge in [-0.2, -0.15) is 5.26 Å². The summed E-state index contributed by atoms with van der Waals surface area (Å²) >= 11 is 0. The van der Waals surface area contributed by atoms with E-state index in [1.165, 1.54) is 19.2 Å². The summed E-state index contributed by atoms with van der Waals surface area (Å²) in [5.41, 5.74) is -0.192. The van der Waals surface area contributed by atoms with E-state index in [9.17, 15) is 10.1 Å². The maximum atomic E-state index is 10.8. The summed E-state index contributed by atoms with van der Waals surface area (Å²) < 4.78 is 4.87. The first-order chi connectivity index (χ1) is 8.13. The average molecular weight is 231 g/mol. The number of terminal acetylenes is 1. The molecular formula is C11H9N3O3. The Bertz CT molecular complexity index is 514. The van der Waals surface area contributed by atoms with Crippen LogP contribution in [0.4, 0.5) is 5.69 Å². The van der Waals surface area contributed by atoms with Crippen LogP contribution < -0.4 is 4.74 Å². The molecule has 0 aliphatic heterocycles. The van der Waals surface area contributed by atoms with Crippen molar-refractivity contribution in [3.63, 3.8) is 0 Å². The predicted octanol–water partition coefficient (Wildman–Crippen LogP) is 1.63. The minimum absolute atomic E-state index is 0.0369. The van der Waals surface area contributed by atoms with E-state index in [2.05, 4.69) is 10.9 Å². The molecule has 0 aliphatic rings. The van der Waals surface area contributed by atoms with Crippen molar-refractivity contribution < 1.29 is 9.66 Å². The van der Waals surface area contributed by atoms with Crippen molar-refractivity contribution in [2.24, 2.45) is 0 Å². The van der Waals surface area contributed by atoms with Gasteiger partial charge in [0.1, 0.15) is 11.6 Å². The number of hydrogen-bond donors (Lipinski definition) is 0. The van der Waals surface area contributed by atoms with Crippen molar-refractivity contribution in [1.82, 2.24) is 4.98 Å². The van der Waals surface area contributed by atoms with Gasteiger partial charge in [0.05, 0.1) is 18.1 Å². The second-order valence-electron chi connectivity index (χ2n) is 3.11. The summed E-state index contributed by atoms with van der Waals surface area (Å²) in [7, 11) is 1.39. The van der Waals surface area contributed by atoms with Crippen molar-refractivity contribution in [3.05, 3.63) is 27.9 Å². The van der Waals surface area contributed by atoms with Gasteiger partial charge in [-0.15, -0.1) is 12.3 Å². The molecule has 86 valence electrons. The second kappa shape index (κ2) is 5.47. The van der Waals surface area contributed by atoms with Crippen molar-refractivity contribution in [2.75, 3.05) is 7.11 Å². The highest BCUT2D eigenvalue weighted by Crippen LogP contribution is 2.28. The molecule has 1 atom stereocenters. The molecule has 0 aromatic carbocycles. The van der Waals surface area contributed by atoms with Crippen LogP contribution in [0.1, 0.15) is 18.0 Å². The van der Waals surface area contributed by atoms with Crippen LogP contribution in [0.5, 0.6) is 5.88 Å². The molecule has 1 heterocycles. The molecule has 1 aromatic rings. The number of hydrogen-bond acceptors (Lipinski definition) is 5. The van der Waals surface area contributed by atoms with Crippen molar-refractivity contribution in [2.45, 2.75) is 12.3 Å². The highest BCUT2D eigenvalue weighted by atomic mass is 16.6. The van der Waals surface area contributed by atoms with Crippen LogP contribution in [-0.4, -0.2) is 17.0 Å². The third-order valence-corrected chi connectivity index (χ3v) is 2.09. The van der Waals surface area contributed by atoms with E-state index in [-0.39, 0.29) is 23.7 Å². The quantitative estimate of drug-likeness (QED) is 0.446. The maximum absolute atomic E-state index is 10.8. The third-order valence-electron chi connectivity index (χ3n) is 2.09. The maximum Gasteiger partial charge on any atom is 0.292 e. The Kier molecular flexibility index (Phi) is 4.02. The first kappa shape index (κ1) is 12.5. The van der Waals surface area contributed by atoms with Gasteiger partial charge in [0.25, 0.3) is 5.69 Å². The minimum Gasteiger partial charge on any atom is -0.481 e. The molecule has 0 saturated carbocycles. The molecular weight excluding hydrogens is 222 g/mol. The molecule has 1 unspecified atom stereocenters. The molecule has 17 heavy (non-hydrogen) atoms. The molecule has 0 fully saturated rings. The van der Waals surface area contributed by atoms with Crippen molar-refractivity contribution in [3.8, 4) is 24.3 Å². The Labute approximate surface area is 98.0 Å². The van der Waals surface area contributed by atoms with Crippen LogP contribution >= 0.6 is 0 Å². The molecule has 0 aliphatic carbocycles. The lowest BCUT2D eigenvalue weighted by Gasteiger charge is -2.07. The van der Waals surface area contributed by atoms with E-state index < -0.39 is 10.8 Å². The molecule has 0 saturated heterocycles. The molecule has 0 amide bonds. The normalized spacial score (nSPS) is 11.0. The van der Waals surface area contributed by atoms with E-state index in [0.29, 0.717) is 0 Å². The Morgan fingerprint density at radius 2 is 2.41 bits per heavy atom. The Balaban J connectivity index is 3.31. The van der Waals surface area contributed by atoms with E-state index >= 15 is 0 Å². The predicted molar refractivity (Wildman–Crippen MR) is 59.2 cm³/mol. The Hall–Kier alpha value is -2.60. The third kappa shape index (κ3) is 2.70. The SMILES string of the molecule is C#CCC(C#N)c1nc(OC)ccc1[N+](=O)[O-]. The number of nitro groups is 1. The zero-order chi connectivity index (χ0) is 12.8. The van der Waals surface area contributed by atoms with Crippen LogP contribution in [0.2, 0.25) is 0 Å². The number of aromatic nitrogens is 1. The molecule has 0 N–H and O–H groups in total. The van der Waals surface area contributed by atoms with E-state index in [1.807, 2.05) is 6.07 Å². The highest BCUT2D eigenvalue weighted by molar-refractivity contribution is 5.42. The molecule has 1 aromatic heterocycles. The van der Waals surface area contributed by atoms with Gasteiger partial charge in [0.2, 0.25) is 5.88 Å². The van der Waals surface area contributed by atoms with Gasteiger partial charge in [-0.25, -0.2) is 4.98 Å². The highest BCUT2D eigenvalue weighted by Gasteiger charge is 2.24. The Morgan fingerprint density at radius 3 is 2.88 bits per heavy atom.